The number of halogens is 1. The van der Waals surface area contributed by atoms with Crippen LogP contribution in [0, 0.1) is 5.92 Å². The maximum absolute atomic E-state index is 5.70. The third-order valence-electron chi connectivity index (χ3n) is 2.22. The molecular weight excluding hydrogens is 212 g/mol. The predicted molar refractivity (Wildman–Crippen MR) is 63.0 cm³/mol. The van der Waals surface area contributed by atoms with E-state index < -0.39 is 0 Å². The summed E-state index contributed by atoms with van der Waals surface area (Å²) in [7, 11) is 0. The highest BCUT2D eigenvalue weighted by Gasteiger charge is 2.12. The fourth-order valence-corrected chi connectivity index (χ4v) is 1.40. The van der Waals surface area contributed by atoms with Crippen LogP contribution in [0.5, 0.6) is 0 Å². The van der Waals surface area contributed by atoms with E-state index in [4.69, 9.17) is 17.3 Å². The van der Waals surface area contributed by atoms with Gasteiger partial charge in [0.05, 0.1) is 17.4 Å². The Morgan fingerprint density at radius 2 is 2.00 bits per heavy atom. The van der Waals surface area contributed by atoms with Gasteiger partial charge in [0.15, 0.2) is 0 Å². The van der Waals surface area contributed by atoms with Crippen LogP contribution in [0.15, 0.2) is 12.4 Å². The lowest BCUT2D eigenvalue weighted by atomic mass is 10.0. The molecule has 0 saturated heterocycles. The average molecular weight is 229 g/mol. The topological polar surface area (TPSA) is 63.8 Å². The maximum atomic E-state index is 5.70. The molecule has 1 rings (SSSR count). The third-order valence-corrected chi connectivity index (χ3v) is 2.41. The maximum Gasteiger partial charge on any atom is 0.222 e. The third kappa shape index (κ3) is 4.01. The highest BCUT2D eigenvalue weighted by Crippen LogP contribution is 2.12. The first-order chi connectivity index (χ1) is 7.13. The fourth-order valence-electron chi connectivity index (χ4n) is 1.30. The van der Waals surface area contributed by atoms with E-state index in [-0.39, 0.29) is 0 Å². The second-order valence-electron chi connectivity index (χ2n) is 3.80. The van der Waals surface area contributed by atoms with Crippen molar-refractivity contribution in [2.45, 2.75) is 26.3 Å². The Kier molecular flexibility index (Phi) is 4.78. The van der Waals surface area contributed by atoms with Crippen molar-refractivity contribution in [2.24, 2.45) is 11.7 Å². The normalized spacial score (nSPS) is 12.9. The quantitative estimate of drug-likeness (QED) is 0.808. The molecule has 1 aromatic heterocycles. The minimum atomic E-state index is 0.302. The molecule has 15 heavy (non-hydrogen) atoms. The predicted octanol–water partition coefficient (Wildman–Crippen LogP) is 1.92. The van der Waals surface area contributed by atoms with Crippen molar-refractivity contribution in [1.82, 2.24) is 9.97 Å². The number of hydrogen-bond acceptors (Lipinski definition) is 4. The lowest BCUT2D eigenvalue weighted by Gasteiger charge is -2.21. The summed E-state index contributed by atoms with van der Waals surface area (Å²) < 4.78 is 0. The monoisotopic (exact) mass is 228 g/mol. The first kappa shape index (κ1) is 12.2. The molecule has 0 saturated carbocycles. The molecule has 0 aliphatic rings. The summed E-state index contributed by atoms with van der Waals surface area (Å²) in [4.78, 5) is 8.18. The molecule has 0 spiro atoms. The molecule has 1 heterocycles. The number of aromatic nitrogens is 2. The van der Waals surface area contributed by atoms with Crippen LogP contribution in [0.3, 0.4) is 0 Å². The minimum Gasteiger partial charge on any atom is -0.351 e. The number of nitrogens with one attached hydrogen (secondary N) is 1. The van der Waals surface area contributed by atoms with E-state index in [0.29, 0.717) is 29.5 Å². The molecule has 0 fully saturated rings. The summed E-state index contributed by atoms with van der Waals surface area (Å²) in [6, 6.07) is 0.302. The second-order valence-corrected chi connectivity index (χ2v) is 4.23. The van der Waals surface area contributed by atoms with E-state index in [0.717, 1.165) is 6.42 Å². The van der Waals surface area contributed by atoms with Crippen LogP contribution in [0.4, 0.5) is 5.95 Å². The van der Waals surface area contributed by atoms with Gasteiger partial charge in [-0.3, -0.25) is 0 Å². The van der Waals surface area contributed by atoms with Crippen LogP contribution in [0.1, 0.15) is 20.3 Å². The van der Waals surface area contributed by atoms with E-state index in [9.17, 15) is 0 Å². The number of nitrogens with two attached hydrogens (primary N) is 1. The molecule has 0 aliphatic carbocycles. The molecule has 0 aromatic carbocycles. The van der Waals surface area contributed by atoms with Crippen LogP contribution in [-0.2, 0) is 0 Å². The fraction of sp³-hybridized carbons (Fsp3) is 0.600. The van der Waals surface area contributed by atoms with Crippen LogP contribution < -0.4 is 11.1 Å². The lowest BCUT2D eigenvalue weighted by Crippen LogP contribution is -2.29. The Hall–Kier alpha value is -0.870. The summed E-state index contributed by atoms with van der Waals surface area (Å²) in [6.07, 6.45) is 4.07. The number of rotatable bonds is 5. The Morgan fingerprint density at radius 1 is 1.40 bits per heavy atom. The van der Waals surface area contributed by atoms with Gasteiger partial charge in [-0.05, 0) is 18.9 Å². The van der Waals surface area contributed by atoms with E-state index in [1.807, 2.05) is 0 Å². The van der Waals surface area contributed by atoms with Crippen LogP contribution in [-0.4, -0.2) is 22.6 Å². The van der Waals surface area contributed by atoms with Crippen molar-refractivity contribution in [3.05, 3.63) is 17.4 Å². The van der Waals surface area contributed by atoms with Gasteiger partial charge >= 0.3 is 0 Å². The summed E-state index contributed by atoms with van der Waals surface area (Å²) in [6.45, 7) is 4.94. The minimum absolute atomic E-state index is 0.302. The summed E-state index contributed by atoms with van der Waals surface area (Å²) in [5, 5.41) is 3.79. The second kappa shape index (κ2) is 5.88. The smallest absolute Gasteiger partial charge is 0.222 e. The molecule has 0 amide bonds. The molecule has 1 atom stereocenters. The zero-order chi connectivity index (χ0) is 11.3. The van der Waals surface area contributed by atoms with Gasteiger partial charge in [-0.15, -0.1) is 0 Å². The van der Waals surface area contributed by atoms with Gasteiger partial charge in [0, 0.05) is 6.04 Å². The number of nitrogens with zero attached hydrogens (tertiary/aromatic N) is 2. The average Bonchev–Trinajstić information content (AvgIpc) is 2.20. The molecule has 1 unspecified atom stereocenters. The van der Waals surface area contributed by atoms with Crippen molar-refractivity contribution in [3.8, 4) is 0 Å². The van der Waals surface area contributed by atoms with Gasteiger partial charge in [-0.25, -0.2) is 9.97 Å². The van der Waals surface area contributed by atoms with Gasteiger partial charge in [0.2, 0.25) is 5.95 Å². The molecule has 0 radical (unpaired) electrons. The Bertz CT molecular complexity index is 286. The van der Waals surface area contributed by atoms with Gasteiger partial charge in [-0.2, -0.15) is 0 Å². The Balaban J connectivity index is 2.61. The molecule has 0 bridgehead atoms. The standard InChI is InChI=1S/C10H17ClN4/c1-7(2)9(3-4-12)15-10-13-5-8(11)6-14-10/h5-7,9H,3-4,12H2,1-2H3,(H,13,14,15). The van der Waals surface area contributed by atoms with Crippen LogP contribution in [0.2, 0.25) is 5.02 Å². The summed E-state index contributed by atoms with van der Waals surface area (Å²) in [5.74, 6) is 1.10. The van der Waals surface area contributed by atoms with Gasteiger partial charge in [0.25, 0.3) is 0 Å². The number of anilines is 1. The summed E-state index contributed by atoms with van der Waals surface area (Å²) >= 11 is 5.70. The molecule has 5 heteroatoms. The van der Waals surface area contributed by atoms with E-state index in [1.165, 1.54) is 0 Å². The van der Waals surface area contributed by atoms with Crippen molar-refractivity contribution in [2.75, 3.05) is 11.9 Å². The molecule has 3 N–H and O–H groups in total. The zero-order valence-electron chi connectivity index (χ0n) is 9.07. The van der Waals surface area contributed by atoms with E-state index in [2.05, 4.69) is 29.1 Å². The molecule has 1 aromatic rings. The van der Waals surface area contributed by atoms with Gasteiger partial charge in [0.1, 0.15) is 0 Å². The van der Waals surface area contributed by atoms with Gasteiger partial charge < -0.3 is 11.1 Å². The van der Waals surface area contributed by atoms with Crippen molar-refractivity contribution in [3.63, 3.8) is 0 Å². The van der Waals surface area contributed by atoms with E-state index >= 15 is 0 Å². The van der Waals surface area contributed by atoms with E-state index in [1.54, 1.807) is 12.4 Å². The molecular formula is C10H17ClN4. The SMILES string of the molecule is CC(C)C(CCN)Nc1ncc(Cl)cn1. The molecule has 0 aliphatic heterocycles. The Morgan fingerprint density at radius 3 is 2.47 bits per heavy atom. The van der Waals surface area contributed by atoms with Crippen LogP contribution in [0.25, 0.3) is 0 Å². The molecule has 84 valence electrons. The van der Waals surface area contributed by atoms with Gasteiger partial charge in [-0.1, -0.05) is 25.4 Å². The number of hydrogen-bond donors (Lipinski definition) is 2. The largest absolute Gasteiger partial charge is 0.351 e. The van der Waals surface area contributed by atoms with Crippen LogP contribution >= 0.6 is 11.6 Å². The summed E-state index contributed by atoms with van der Waals surface area (Å²) in [5.41, 5.74) is 5.54. The first-order valence-electron chi connectivity index (χ1n) is 5.07. The van der Waals surface area contributed by atoms with Crippen molar-refractivity contribution >= 4 is 17.5 Å². The highest BCUT2D eigenvalue weighted by atomic mass is 35.5. The first-order valence-corrected chi connectivity index (χ1v) is 5.45. The Labute approximate surface area is 95.3 Å². The van der Waals surface area contributed by atoms with Crippen molar-refractivity contribution in [1.29, 1.82) is 0 Å². The highest BCUT2D eigenvalue weighted by molar-refractivity contribution is 6.30. The molecule has 4 nitrogen and oxygen atoms in total. The zero-order valence-corrected chi connectivity index (χ0v) is 9.83. The van der Waals surface area contributed by atoms with Crippen molar-refractivity contribution < 1.29 is 0 Å². The lowest BCUT2D eigenvalue weighted by molar-refractivity contribution is 0.496.